The minimum absolute atomic E-state index is 0.134. The largest absolute Gasteiger partial charge is 0.465 e. The van der Waals surface area contributed by atoms with E-state index in [0.29, 0.717) is 12.4 Å². The summed E-state index contributed by atoms with van der Waals surface area (Å²) in [6, 6.07) is 6.05. The van der Waals surface area contributed by atoms with Crippen LogP contribution < -0.4 is 0 Å². The molecule has 0 saturated carbocycles. The van der Waals surface area contributed by atoms with Gasteiger partial charge in [0.15, 0.2) is 0 Å². The number of rotatable bonds is 6. The van der Waals surface area contributed by atoms with E-state index in [1.54, 1.807) is 0 Å². The average molecular weight is 317 g/mol. The van der Waals surface area contributed by atoms with E-state index in [1.165, 1.54) is 17.3 Å². The third-order valence-electron chi connectivity index (χ3n) is 2.24. The molecule has 0 saturated heterocycles. The number of thioether (sulfide) groups is 1. The van der Waals surface area contributed by atoms with Crippen molar-refractivity contribution in [2.24, 2.45) is 0 Å². The molecule has 1 rings (SSSR count). The van der Waals surface area contributed by atoms with E-state index in [2.05, 4.69) is 22.9 Å². The molecule has 1 aromatic carbocycles. The molecule has 0 bridgehead atoms. The van der Waals surface area contributed by atoms with Crippen molar-refractivity contribution < 1.29 is 9.53 Å². The zero-order chi connectivity index (χ0) is 12.7. The first kappa shape index (κ1) is 14.6. The van der Waals surface area contributed by atoms with Crippen LogP contribution in [0.4, 0.5) is 0 Å². The molecule has 0 atom stereocenters. The molecule has 2 nitrogen and oxygen atoms in total. The lowest BCUT2D eigenvalue weighted by molar-refractivity contribution is -0.140. The number of hydrogen-bond acceptors (Lipinski definition) is 3. The van der Waals surface area contributed by atoms with E-state index >= 15 is 0 Å². The second kappa shape index (κ2) is 7.77. The van der Waals surface area contributed by atoms with Gasteiger partial charge >= 0.3 is 5.97 Å². The smallest absolute Gasteiger partial charge is 0.316 e. The zero-order valence-corrected chi connectivity index (χ0v) is 12.6. The fourth-order valence-corrected chi connectivity index (χ4v) is 2.57. The maximum Gasteiger partial charge on any atom is 0.316 e. The molecule has 1 aromatic rings. The molecule has 17 heavy (non-hydrogen) atoms. The Morgan fingerprint density at radius 1 is 1.47 bits per heavy atom. The standard InChI is InChI=1S/C13H17BrO2S/c1-3-4-7-16-13(15)9-17-12-6-5-11(14)8-10(12)2/h5-6,8H,3-4,7,9H2,1-2H3. The summed E-state index contributed by atoms with van der Waals surface area (Å²) >= 11 is 4.94. The van der Waals surface area contributed by atoms with Gasteiger partial charge in [-0.25, -0.2) is 0 Å². The molecule has 4 heteroatoms. The van der Waals surface area contributed by atoms with E-state index in [9.17, 15) is 4.79 Å². The van der Waals surface area contributed by atoms with Crippen LogP contribution in [0.1, 0.15) is 25.3 Å². The predicted molar refractivity (Wildman–Crippen MR) is 75.5 cm³/mol. The number of carbonyl (C=O) groups excluding carboxylic acids is 1. The molecule has 0 aliphatic heterocycles. The minimum atomic E-state index is -0.134. The molecular formula is C13H17BrO2S. The lowest BCUT2D eigenvalue weighted by atomic mass is 10.2. The van der Waals surface area contributed by atoms with Crippen molar-refractivity contribution in [2.75, 3.05) is 12.4 Å². The second-order valence-corrected chi connectivity index (χ2v) is 5.71. The van der Waals surface area contributed by atoms with Crippen LogP contribution >= 0.6 is 27.7 Å². The first-order chi connectivity index (χ1) is 8.13. The van der Waals surface area contributed by atoms with Crippen LogP contribution in [0.5, 0.6) is 0 Å². The highest BCUT2D eigenvalue weighted by Gasteiger charge is 2.06. The molecule has 0 unspecified atom stereocenters. The topological polar surface area (TPSA) is 26.3 Å². The van der Waals surface area contributed by atoms with Gasteiger partial charge in [0, 0.05) is 9.37 Å². The minimum Gasteiger partial charge on any atom is -0.465 e. The number of unbranched alkanes of at least 4 members (excludes halogenated alkanes) is 1. The summed E-state index contributed by atoms with van der Waals surface area (Å²) in [6.45, 7) is 4.65. The Labute approximate surface area is 115 Å². The summed E-state index contributed by atoms with van der Waals surface area (Å²) in [6.07, 6.45) is 1.99. The van der Waals surface area contributed by atoms with Gasteiger partial charge in [-0.1, -0.05) is 29.3 Å². The van der Waals surface area contributed by atoms with Gasteiger partial charge in [0.05, 0.1) is 12.4 Å². The van der Waals surface area contributed by atoms with Gasteiger partial charge in [-0.05, 0) is 37.1 Å². The lowest BCUT2D eigenvalue weighted by Gasteiger charge is -2.06. The molecule has 0 heterocycles. The first-order valence-corrected chi connectivity index (χ1v) is 7.46. The van der Waals surface area contributed by atoms with E-state index in [4.69, 9.17) is 4.74 Å². The predicted octanol–water partition coefficient (Wildman–Crippen LogP) is 4.19. The highest BCUT2D eigenvalue weighted by molar-refractivity contribution is 9.10. The summed E-state index contributed by atoms with van der Waals surface area (Å²) < 4.78 is 6.16. The van der Waals surface area contributed by atoms with Crippen molar-refractivity contribution in [1.82, 2.24) is 0 Å². The number of aryl methyl sites for hydroxylation is 1. The fourth-order valence-electron chi connectivity index (χ4n) is 1.28. The Morgan fingerprint density at radius 2 is 2.24 bits per heavy atom. The quantitative estimate of drug-likeness (QED) is 0.447. The number of ether oxygens (including phenoxy) is 1. The monoisotopic (exact) mass is 316 g/mol. The van der Waals surface area contributed by atoms with Crippen LogP contribution in [0.25, 0.3) is 0 Å². The molecule has 0 aromatic heterocycles. The SMILES string of the molecule is CCCCOC(=O)CSc1ccc(Br)cc1C. The number of halogens is 1. The van der Waals surface area contributed by atoms with Crippen LogP contribution in [0.15, 0.2) is 27.6 Å². The summed E-state index contributed by atoms with van der Waals surface area (Å²) in [4.78, 5) is 12.5. The zero-order valence-electron chi connectivity index (χ0n) is 10.2. The molecule has 0 aliphatic carbocycles. The van der Waals surface area contributed by atoms with Crippen molar-refractivity contribution in [2.45, 2.75) is 31.6 Å². The third-order valence-corrected chi connectivity index (χ3v) is 3.89. The van der Waals surface area contributed by atoms with Gasteiger partial charge in [-0.3, -0.25) is 4.79 Å². The van der Waals surface area contributed by atoms with Crippen LogP contribution in [-0.2, 0) is 9.53 Å². The average Bonchev–Trinajstić information content (AvgIpc) is 2.28. The number of hydrogen-bond donors (Lipinski definition) is 0. The molecule has 0 spiro atoms. The maximum atomic E-state index is 11.4. The van der Waals surface area contributed by atoms with E-state index in [-0.39, 0.29) is 5.97 Å². The van der Waals surface area contributed by atoms with Crippen LogP contribution in [0.3, 0.4) is 0 Å². The van der Waals surface area contributed by atoms with Gasteiger partial charge in [0.2, 0.25) is 0 Å². The molecule has 94 valence electrons. The summed E-state index contributed by atoms with van der Waals surface area (Å²) in [5.41, 5.74) is 1.17. The third kappa shape index (κ3) is 5.59. The van der Waals surface area contributed by atoms with Crippen LogP contribution in [0, 0.1) is 6.92 Å². The highest BCUT2D eigenvalue weighted by atomic mass is 79.9. The fraction of sp³-hybridized carbons (Fsp3) is 0.462. The van der Waals surface area contributed by atoms with Crippen LogP contribution in [0.2, 0.25) is 0 Å². The van der Waals surface area contributed by atoms with Gasteiger partial charge < -0.3 is 4.74 Å². The van der Waals surface area contributed by atoms with Gasteiger partial charge in [-0.15, -0.1) is 11.8 Å². The van der Waals surface area contributed by atoms with Crippen molar-refractivity contribution in [3.63, 3.8) is 0 Å². The Kier molecular flexibility index (Phi) is 6.66. The van der Waals surface area contributed by atoms with Crippen molar-refractivity contribution in [3.05, 3.63) is 28.2 Å². The molecule has 0 N–H and O–H groups in total. The maximum absolute atomic E-state index is 11.4. The lowest BCUT2D eigenvalue weighted by Crippen LogP contribution is -2.08. The Hall–Kier alpha value is -0.480. The van der Waals surface area contributed by atoms with E-state index in [1.807, 2.05) is 25.1 Å². The summed E-state index contributed by atoms with van der Waals surface area (Å²) in [5.74, 6) is 0.248. The molecule has 0 fully saturated rings. The van der Waals surface area contributed by atoms with Crippen molar-refractivity contribution in [1.29, 1.82) is 0 Å². The molecule has 0 amide bonds. The number of benzene rings is 1. The molecular weight excluding hydrogens is 300 g/mol. The summed E-state index contributed by atoms with van der Waals surface area (Å²) in [5, 5.41) is 0. The first-order valence-electron chi connectivity index (χ1n) is 5.68. The Balaban J connectivity index is 2.37. The van der Waals surface area contributed by atoms with Gasteiger partial charge in [0.25, 0.3) is 0 Å². The van der Waals surface area contributed by atoms with Crippen molar-refractivity contribution >= 4 is 33.7 Å². The van der Waals surface area contributed by atoms with Crippen molar-refractivity contribution in [3.8, 4) is 0 Å². The highest BCUT2D eigenvalue weighted by Crippen LogP contribution is 2.25. The van der Waals surface area contributed by atoms with E-state index < -0.39 is 0 Å². The molecule has 0 radical (unpaired) electrons. The summed E-state index contributed by atoms with van der Waals surface area (Å²) in [7, 11) is 0. The Morgan fingerprint density at radius 3 is 2.88 bits per heavy atom. The van der Waals surface area contributed by atoms with E-state index in [0.717, 1.165) is 22.2 Å². The van der Waals surface area contributed by atoms with Crippen LogP contribution in [-0.4, -0.2) is 18.3 Å². The van der Waals surface area contributed by atoms with Gasteiger partial charge in [-0.2, -0.15) is 0 Å². The number of esters is 1. The van der Waals surface area contributed by atoms with Gasteiger partial charge in [0.1, 0.15) is 0 Å². The Bertz CT molecular complexity index is 380. The normalized spacial score (nSPS) is 10.3. The number of carbonyl (C=O) groups is 1. The molecule has 0 aliphatic rings. The second-order valence-electron chi connectivity index (χ2n) is 3.77.